The van der Waals surface area contributed by atoms with Crippen LogP contribution >= 0.6 is 0 Å². The maximum atomic E-state index is 9.88. The minimum absolute atomic E-state index is 0. The van der Waals surface area contributed by atoms with Gasteiger partial charge in [0, 0.05) is 0 Å². The van der Waals surface area contributed by atoms with Crippen LogP contribution in [0.15, 0.2) is 0 Å². The maximum absolute atomic E-state index is 9.88. The Hall–Kier alpha value is 1.70. The molecule has 0 aromatic heterocycles. The van der Waals surface area contributed by atoms with E-state index < -0.39 is 37.9 Å². The molecule has 5 heteroatoms. The van der Waals surface area contributed by atoms with Gasteiger partial charge < -0.3 is 0 Å². The summed E-state index contributed by atoms with van der Waals surface area (Å²) >= 11 is -5.16. The van der Waals surface area contributed by atoms with E-state index in [1.165, 1.54) is 0 Å². The molecule has 0 rings (SSSR count). The number of halogens is 3. The summed E-state index contributed by atoms with van der Waals surface area (Å²) in [5.41, 5.74) is 0. The molecule has 0 aliphatic heterocycles. The number of rotatable bonds is 0. The summed E-state index contributed by atoms with van der Waals surface area (Å²) in [6.07, 6.45) is 0. The fraction of sp³-hybridized carbons (Fsp3) is 0. The third-order valence-corrected chi connectivity index (χ3v) is 0. The van der Waals surface area contributed by atoms with E-state index >= 15 is 0 Å². The summed E-state index contributed by atoms with van der Waals surface area (Å²) in [5.74, 6) is 0. The molecule has 0 aromatic rings. The predicted molar refractivity (Wildman–Crippen MR) is 13.3 cm³/mol. The van der Waals surface area contributed by atoms with Gasteiger partial charge in [0.2, 0.25) is 0 Å². The summed E-state index contributed by atoms with van der Waals surface area (Å²) in [4.78, 5) is 0. The zero-order valence-corrected chi connectivity index (χ0v) is 4.77. The summed E-state index contributed by atoms with van der Waals surface area (Å²) in [5, 5.41) is 0. The standard InChI is InChI=1S/Al.Ce.3FH.3H/h;;3*1H;;;/q;+3;;;;;;/p-3. The van der Waals surface area contributed by atoms with Crippen LogP contribution < -0.4 is 0 Å². The molecule has 0 spiro atoms. The molecule has 31 valence electrons. The van der Waals surface area contributed by atoms with E-state index in [0.717, 1.165) is 0 Å². The fourth-order valence-corrected chi connectivity index (χ4v) is 0. The quantitative estimate of drug-likeness (QED) is 0.514. The number of hydrogen-bond acceptors (Lipinski definition) is 0. The molecule has 0 aliphatic rings. The van der Waals surface area contributed by atoms with Gasteiger partial charge in [-0.1, -0.05) is 0 Å². The van der Waals surface area contributed by atoms with Crippen molar-refractivity contribution in [2.45, 2.75) is 0 Å². The van der Waals surface area contributed by atoms with Crippen LogP contribution in [0.2, 0.25) is 0 Å². The topological polar surface area (TPSA) is 0 Å². The molecule has 0 heterocycles. The van der Waals surface area contributed by atoms with Crippen molar-refractivity contribution in [2.75, 3.05) is 0 Å². The van der Waals surface area contributed by atoms with Crippen LogP contribution in [0.5, 0.6) is 0 Å². The molecule has 0 amide bonds. The first kappa shape index (κ1) is 9.85. The SMILES string of the molecule is [AlH3].[F][Ce]([F])[F]. The molecule has 0 aromatic carbocycles. The second-order valence-corrected chi connectivity index (χ2v) is 1.56. The first-order valence-corrected chi connectivity index (χ1v) is 4.13. The molecule has 0 fully saturated rings. The van der Waals surface area contributed by atoms with Gasteiger partial charge in [0.1, 0.15) is 0 Å². The third-order valence-electron chi connectivity index (χ3n) is 0. The summed E-state index contributed by atoms with van der Waals surface area (Å²) in [7, 11) is 0. The Labute approximate surface area is 57.1 Å². The van der Waals surface area contributed by atoms with Crippen LogP contribution in [0.25, 0.3) is 0 Å². The average molecular weight is 227 g/mol. The zero-order valence-electron chi connectivity index (χ0n) is 1.63. The molecule has 0 unspecified atom stereocenters. The Bertz CT molecular complexity index is 11.6. The van der Waals surface area contributed by atoms with Gasteiger partial charge in [-0.2, -0.15) is 0 Å². The third kappa shape index (κ3) is 27.0. The first-order chi connectivity index (χ1) is 1.73. The van der Waals surface area contributed by atoms with E-state index in [9.17, 15) is 2.73 Å². The Balaban J connectivity index is 0. The average Bonchev–Trinajstić information content (AvgIpc) is 0.811. The Morgan fingerprint density at radius 1 is 1.00 bits per heavy atom. The van der Waals surface area contributed by atoms with Crippen LogP contribution in [0.4, 0.5) is 2.73 Å². The van der Waals surface area contributed by atoms with Crippen molar-refractivity contribution in [3.63, 3.8) is 0 Å². The van der Waals surface area contributed by atoms with E-state index in [4.69, 9.17) is 0 Å². The van der Waals surface area contributed by atoms with Gasteiger partial charge in [-0.05, 0) is 0 Å². The van der Waals surface area contributed by atoms with E-state index in [-0.39, 0.29) is 17.4 Å². The molecule has 0 radical (unpaired) electrons. The van der Waals surface area contributed by atoms with Gasteiger partial charge in [-0.25, -0.2) is 0 Å². The molecule has 0 atom stereocenters. The van der Waals surface area contributed by atoms with Crippen LogP contribution in [-0.4, -0.2) is 17.4 Å². The van der Waals surface area contributed by atoms with Gasteiger partial charge in [-0.3, -0.25) is 0 Å². The van der Waals surface area contributed by atoms with Crippen molar-refractivity contribution >= 4 is 17.4 Å². The van der Waals surface area contributed by atoms with Crippen molar-refractivity contribution in [3.05, 3.63) is 0 Å². The van der Waals surface area contributed by atoms with Gasteiger partial charge in [0.15, 0.2) is 17.4 Å². The zero-order chi connectivity index (χ0) is 3.58. The van der Waals surface area contributed by atoms with Gasteiger partial charge in [0.05, 0.1) is 0 Å². The second kappa shape index (κ2) is 5.70. The predicted octanol–water partition coefficient (Wildman–Crippen LogP) is 0.0767. The molecule has 0 saturated heterocycles. The monoisotopic (exact) mass is 227 g/mol. The summed E-state index contributed by atoms with van der Waals surface area (Å²) < 4.78 is 29.6. The molecule has 0 aliphatic carbocycles. The van der Waals surface area contributed by atoms with Crippen molar-refractivity contribution in [3.8, 4) is 0 Å². The molecule has 0 N–H and O–H groups in total. The van der Waals surface area contributed by atoms with E-state index in [1.807, 2.05) is 0 Å². The van der Waals surface area contributed by atoms with Gasteiger partial charge in [-0.15, -0.1) is 0 Å². The Morgan fingerprint density at radius 2 is 1.00 bits per heavy atom. The Morgan fingerprint density at radius 3 is 1.00 bits per heavy atom. The van der Waals surface area contributed by atoms with E-state index in [0.29, 0.717) is 0 Å². The van der Waals surface area contributed by atoms with E-state index in [1.54, 1.807) is 0 Å². The molecule has 0 nitrogen and oxygen atoms in total. The first-order valence-electron chi connectivity index (χ1n) is 0.567. The van der Waals surface area contributed by atoms with Crippen LogP contribution in [0, 0.1) is 37.9 Å². The van der Waals surface area contributed by atoms with Crippen molar-refractivity contribution < 1.29 is 40.7 Å². The minimum atomic E-state index is -5.16. The fourth-order valence-electron chi connectivity index (χ4n) is 0. The number of hydrogen-bond donors (Lipinski definition) is 0. The van der Waals surface area contributed by atoms with Crippen LogP contribution in [0.1, 0.15) is 0 Å². The van der Waals surface area contributed by atoms with Crippen LogP contribution in [-0.2, 0) is 0 Å². The van der Waals surface area contributed by atoms with Crippen LogP contribution in [0.3, 0.4) is 0 Å². The van der Waals surface area contributed by atoms with Gasteiger partial charge >= 0.3 is 40.7 Å². The second-order valence-electron chi connectivity index (χ2n) is 0.214. The van der Waals surface area contributed by atoms with Crippen molar-refractivity contribution in [1.82, 2.24) is 0 Å². The Kier molecular flexibility index (Phi) is 11.2. The van der Waals surface area contributed by atoms with Crippen molar-refractivity contribution in [1.29, 1.82) is 0 Å². The molecule has 0 bridgehead atoms. The molecule has 5 heavy (non-hydrogen) atoms. The molecular formula is H3AlCeF3. The summed E-state index contributed by atoms with van der Waals surface area (Å²) in [6.45, 7) is 0. The summed E-state index contributed by atoms with van der Waals surface area (Å²) in [6, 6.07) is 0. The van der Waals surface area contributed by atoms with E-state index in [2.05, 4.69) is 0 Å². The normalized spacial score (nSPS) is 5.40. The van der Waals surface area contributed by atoms with Gasteiger partial charge in [0.25, 0.3) is 0 Å². The van der Waals surface area contributed by atoms with Crippen molar-refractivity contribution in [2.24, 2.45) is 0 Å². The molecular weight excluding hydrogens is 224 g/mol. The molecule has 0 saturated carbocycles.